The number of carbonyl (C=O) groups is 2. The molecule has 1 N–H and O–H groups in total. The highest BCUT2D eigenvalue weighted by Crippen LogP contribution is 2.34. The molecule has 0 saturated carbocycles. The zero-order valence-electron chi connectivity index (χ0n) is 11.8. The molecule has 0 bridgehead atoms. The van der Waals surface area contributed by atoms with Crippen molar-refractivity contribution in [3.05, 3.63) is 23.8 Å². The third-order valence-corrected chi connectivity index (χ3v) is 3.99. The Balaban J connectivity index is 2.18. The lowest BCUT2D eigenvalue weighted by molar-refractivity contribution is -0.152. The van der Waals surface area contributed by atoms with E-state index in [4.69, 9.17) is 0 Å². The van der Waals surface area contributed by atoms with Gasteiger partial charge in [-0.3, -0.25) is 14.6 Å². The average Bonchev–Trinajstić information content (AvgIpc) is 2.47. The number of carboxylic acids is 1. The van der Waals surface area contributed by atoms with Crippen LogP contribution in [0.3, 0.4) is 0 Å². The van der Waals surface area contributed by atoms with Crippen molar-refractivity contribution in [2.24, 2.45) is 5.41 Å². The molecule has 6 heteroatoms. The topological polar surface area (TPSA) is 83.4 Å². The molecule has 0 aromatic carbocycles. The summed E-state index contributed by atoms with van der Waals surface area (Å²) in [5.41, 5.74) is 0.188. The van der Waals surface area contributed by atoms with Gasteiger partial charge in [-0.1, -0.05) is 6.92 Å². The molecule has 1 atom stereocenters. The SMILES string of the molecule is CCC1(C(=O)O)CCCN(C(=O)c2cnc(C)cn2)C1. The zero-order chi connectivity index (χ0) is 14.8. The van der Waals surface area contributed by atoms with E-state index in [1.54, 1.807) is 18.0 Å². The van der Waals surface area contributed by atoms with Crippen LogP contribution in [0.5, 0.6) is 0 Å². The molecule has 1 aromatic heterocycles. The van der Waals surface area contributed by atoms with E-state index in [0.717, 1.165) is 5.69 Å². The standard InChI is InChI=1S/C14H19N3O3/c1-3-14(13(19)20)5-4-6-17(9-14)12(18)11-8-15-10(2)7-16-11/h7-8H,3-6,9H2,1-2H3,(H,19,20). The molecule has 0 spiro atoms. The van der Waals surface area contributed by atoms with Crippen LogP contribution in [-0.4, -0.2) is 44.9 Å². The largest absolute Gasteiger partial charge is 0.481 e. The third kappa shape index (κ3) is 2.64. The van der Waals surface area contributed by atoms with Gasteiger partial charge in [0.2, 0.25) is 0 Å². The number of carbonyl (C=O) groups excluding carboxylic acids is 1. The van der Waals surface area contributed by atoms with Crippen LogP contribution in [0.15, 0.2) is 12.4 Å². The van der Waals surface area contributed by atoms with E-state index in [1.165, 1.54) is 6.20 Å². The van der Waals surface area contributed by atoms with Crippen molar-refractivity contribution in [2.45, 2.75) is 33.1 Å². The maximum atomic E-state index is 12.4. The molecule has 1 aromatic rings. The van der Waals surface area contributed by atoms with Gasteiger partial charge in [0.1, 0.15) is 5.69 Å². The molecular weight excluding hydrogens is 258 g/mol. The number of carboxylic acid groups (broad SMARTS) is 1. The molecule has 0 aliphatic carbocycles. The van der Waals surface area contributed by atoms with Gasteiger partial charge in [-0.05, 0) is 26.2 Å². The van der Waals surface area contributed by atoms with E-state index in [9.17, 15) is 14.7 Å². The lowest BCUT2D eigenvalue weighted by atomic mass is 9.77. The first kappa shape index (κ1) is 14.4. The fourth-order valence-corrected chi connectivity index (χ4v) is 2.58. The van der Waals surface area contributed by atoms with Crippen LogP contribution < -0.4 is 0 Å². The summed E-state index contributed by atoms with van der Waals surface area (Å²) in [6, 6.07) is 0. The van der Waals surface area contributed by atoms with Gasteiger partial charge >= 0.3 is 5.97 Å². The lowest BCUT2D eigenvalue weighted by Crippen LogP contribution is -2.49. The van der Waals surface area contributed by atoms with E-state index in [1.807, 2.05) is 6.92 Å². The van der Waals surface area contributed by atoms with Crippen molar-refractivity contribution in [3.63, 3.8) is 0 Å². The summed E-state index contributed by atoms with van der Waals surface area (Å²) in [4.78, 5) is 33.6. The van der Waals surface area contributed by atoms with Gasteiger partial charge in [-0.25, -0.2) is 4.98 Å². The lowest BCUT2D eigenvalue weighted by Gasteiger charge is -2.39. The second-order valence-electron chi connectivity index (χ2n) is 5.31. The third-order valence-electron chi connectivity index (χ3n) is 3.99. The van der Waals surface area contributed by atoms with Gasteiger partial charge in [-0.15, -0.1) is 0 Å². The molecule has 1 fully saturated rings. The Hall–Kier alpha value is -1.98. The number of rotatable bonds is 3. The van der Waals surface area contributed by atoms with Crippen LogP contribution in [0.25, 0.3) is 0 Å². The predicted molar refractivity (Wildman–Crippen MR) is 72.3 cm³/mol. The Morgan fingerprint density at radius 1 is 1.40 bits per heavy atom. The number of piperidine rings is 1. The second-order valence-corrected chi connectivity index (χ2v) is 5.31. The van der Waals surface area contributed by atoms with Crippen LogP contribution in [0.4, 0.5) is 0 Å². The zero-order valence-corrected chi connectivity index (χ0v) is 11.8. The Labute approximate surface area is 117 Å². The van der Waals surface area contributed by atoms with Gasteiger partial charge in [0.05, 0.1) is 17.3 Å². The van der Waals surface area contributed by atoms with Crippen molar-refractivity contribution < 1.29 is 14.7 Å². The number of amides is 1. The highest BCUT2D eigenvalue weighted by molar-refractivity contribution is 5.92. The maximum Gasteiger partial charge on any atom is 0.311 e. The number of hydrogen-bond donors (Lipinski definition) is 1. The van der Waals surface area contributed by atoms with Crippen molar-refractivity contribution >= 4 is 11.9 Å². The van der Waals surface area contributed by atoms with E-state index in [2.05, 4.69) is 9.97 Å². The molecule has 6 nitrogen and oxygen atoms in total. The van der Waals surface area contributed by atoms with Crippen molar-refractivity contribution in [1.82, 2.24) is 14.9 Å². The monoisotopic (exact) mass is 277 g/mol. The maximum absolute atomic E-state index is 12.4. The summed E-state index contributed by atoms with van der Waals surface area (Å²) in [5.74, 6) is -1.07. The summed E-state index contributed by atoms with van der Waals surface area (Å²) in [5, 5.41) is 9.43. The van der Waals surface area contributed by atoms with Crippen LogP contribution in [0, 0.1) is 12.3 Å². The molecule has 20 heavy (non-hydrogen) atoms. The fourth-order valence-electron chi connectivity index (χ4n) is 2.58. The molecule has 0 radical (unpaired) electrons. The molecule has 1 amide bonds. The van der Waals surface area contributed by atoms with E-state index >= 15 is 0 Å². The highest BCUT2D eigenvalue weighted by atomic mass is 16.4. The van der Waals surface area contributed by atoms with E-state index < -0.39 is 11.4 Å². The molecule has 1 saturated heterocycles. The first-order valence-corrected chi connectivity index (χ1v) is 6.80. The predicted octanol–water partition coefficient (Wildman–Crippen LogP) is 1.50. The molecule has 2 rings (SSSR count). The number of hydrogen-bond acceptors (Lipinski definition) is 4. The first-order valence-electron chi connectivity index (χ1n) is 6.80. The van der Waals surface area contributed by atoms with Gasteiger partial charge in [0.15, 0.2) is 0 Å². The van der Waals surface area contributed by atoms with E-state index in [0.29, 0.717) is 25.8 Å². The fraction of sp³-hybridized carbons (Fsp3) is 0.571. The van der Waals surface area contributed by atoms with Crippen LogP contribution >= 0.6 is 0 Å². The minimum Gasteiger partial charge on any atom is -0.481 e. The van der Waals surface area contributed by atoms with Crippen molar-refractivity contribution in [2.75, 3.05) is 13.1 Å². The highest BCUT2D eigenvalue weighted by Gasteiger charge is 2.42. The smallest absolute Gasteiger partial charge is 0.311 e. The number of aromatic nitrogens is 2. The number of aliphatic carboxylic acids is 1. The van der Waals surface area contributed by atoms with E-state index in [-0.39, 0.29) is 18.1 Å². The molecule has 1 aliphatic rings. The first-order chi connectivity index (χ1) is 9.48. The summed E-state index contributed by atoms with van der Waals surface area (Å²) >= 11 is 0. The quantitative estimate of drug-likeness (QED) is 0.905. The van der Waals surface area contributed by atoms with Crippen LogP contribution in [0.2, 0.25) is 0 Å². The van der Waals surface area contributed by atoms with Gasteiger partial charge in [0.25, 0.3) is 5.91 Å². The molecule has 1 unspecified atom stereocenters. The number of aryl methyl sites for hydroxylation is 1. The van der Waals surface area contributed by atoms with Crippen molar-refractivity contribution in [1.29, 1.82) is 0 Å². The summed E-state index contributed by atoms with van der Waals surface area (Å²) < 4.78 is 0. The van der Waals surface area contributed by atoms with Crippen LogP contribution in [0.1, 0.15) is 42.4 Å². The molecule has 1 aliphatic heterocycles. The summed E-state index contributed by atoms with van der Waals surface area (Å²) in [6.45, 7) is 4.47. The summed E-state index contributed by atoms with van der Waals surface area (Å²) in [6.07, 6.45) is 4.82. The van der Waals surface area contributed by atoms with Crippen molar-refractivity contribution in [3.8, 4) is 0 Å². The summed E-state index contributed by atoms with van der Waals surface area (Å²) in [7, 11) is 0. The Morgan fingerprint density at radius 2 is 2.15 bits per heavy atom. The van der Waals surface area contributed by atoms with Gasteiger partial charge in [0, 0.05) is 19.3 Å². The second kappa shape index (κ2) is 5.56. The Bertz CT molecular complexity index is 515. The Kier molecular flexibility index (Phi) is 4.01. The minimum atomic E-state index is -0.827. The Morgan fingerprint density at radius 3 is 2.70 bits per heavy atom. The number of nitrogens with zero attached hydrogens (tertiary/aromatic N) is 3. The number of likely N-dealkylation sites (tertiary alicyclic amines) is 1. The average molecular weight is 277 g/mol. The minimum absolute atomic E-state index is 0.240. The van der Waals surface area contributed by atoms with Gasteiger partial charge in [-0.2, -0.15) is 0 Å². The molecule has 108 valence electrons. The van der Waals surface area contributed by atoms with Crippen LogP contribution in [-0.2, 0) is 4.79 Å². The van der Waals surface area contributed by atoms with Gasteiger partial charge < -0.3 is 10.0 Å². The molecular formula is C14H19N3O3. The normalized spacial score (nSPS) is 22.6. The molecule has 2 heterocycles.